The minimum absolute atomic E-state index is 0.0401. The second kappa shape index (κ2) is 8.23. The van der Waals surface area contributed by atoms with E-state index in [0.29, 0.717) is 17.8 Å². The first-order valence-electron chi connectivity index (χ1n) is 10.7. The molecular weight excluding hydrogens is 455 g/mol. The van der Waals surface area contributed by atoms with Crippen LogP contribution in [-0.2, 0) is 26.0 Å². The van der Waals surface area contributed by atoms with E-state index >= 15 is 0 Å². The number of carbonyl (C=O) groups is 3. The van der Waals surface area contributed by atoms with Crippen molar-refractivity contribution in [2.75, 3.05) is 7.05 Å². The molecule has 2 aromatic rings. The summed E-state index contributed by atoms with van der Waals surface area (Å²) in [6.45, 7) is 3.64. The third kappa shape index (κ3) is 4.28. The highest BCUT2D eigenvalue weighted by molar-refractivity contribution is 7.09. The number of rotatable bonds is 6. The number of hydrogen-bond acceptors (Lipinski definition) is 5. The topological polar surface area (TPSA) is 70.6 Å². The molecule has 1 aliphatic carbocycles. The van der Waals surface area contributed by atoms with Crippen LogP contribution in [0.2, 0.25) is 0 Å². The zero-order valence-corrected chi connectivity index (χ0v) is 19.3. The summed E-state index contributed by atoms with van der Waals surface area (Å²) in [6, 6.07) is 3.80. The Morgan fingerprint density at radius 1 is 1.33 bits per heavy atom. The standard InChI is InChI=1S/C23H24F3N3O3S/c1-13-12-33-20(27-13)14(2)28(3)18(30)10-22(11-19(31)29(21(22)32)17-7-8-17)15-5-4-6-16(9-15)23(24,25)26/h4-6,9,12,14,17H,7-8,10-11H2,1-3H3. The van der Waals surface area contributed by atoms with Crippen molar-refractivity contribution in [2.45, 2.75) is 63.2 Å². The molecule has 2 aliphatic rings. The largest absolute Gasteiger partial charge is 0.416 e. The van der Waals surface area contributed by atoms with Gasteiger partial charge in [-0.25, -0.2) is 4.98 Å². The van der Waals surface area contributed by atoms with Crippen LogP contribution in [0, 0.1) is 6.92 Å². The monoisotopic (exact) mass is 479 g/mol. The Kier molecular flexibility index (Phi) is 5.84. The van der Waals surface area contributed by atoms with Gasteiger partial charge in [-0.15, -0.1) is 11.3 Å². The van der Waals surface area contributed by atoms with Crippen LogP contribution >= 0.6 is 11.3 Å². The predicted octanol–water partition coefficient (Wildman–Crippen LogP) is 4.24. The van der Waals surface area contributed by atoms with Crippen molar-refractivity contribution in [1.82, 2.24) is 14.8 Å². The van der Waals surface area contributed by atoms with E-state index in [4.69, 9.17) is 0 Å². The first-order valence-corrected chi connectivity index (χ1v) is 11.5. The normalized spacial score (nSPS) is 22.1. The molecule has 1 aromatic carbocycles. The lowest BCUT2D eigenvalue weighted by Crippen LogP contribution is -2.43. The predicted molar refractivity (Wildman–Crippen MR) is 115 cm³/mol. The second-order valence-corrected chi connectivity index (χ2v) is 9.71. The van der Waals surface area contributed by atoms with Crippen molar-refractivity contribution >= 4 is 29.1 Å². The van der Waals surface area contributed by atoms with Gasteiger partial charge in [0.15, 0.2) is 0 Å². The van der Waals surface area contributed by atoms with E-state index in [1.54, 1.807) is 14.0 Å². The Bertz CT molecular complexity index is 1110. The van der Waals surface area contributed by atoms with E-state index in [9.17, 15) is 27.6 Å². The van der Waals surface area contributed by atoms with Gasteiger partial charge in [-0.05, 0) is 38.3 Å². The SMILES string of the molecule is Cc1csc(C(C)N(C)C(=O)CC2(c3cccc(C(F)(F)F)c3)CC(=O)N(C3CC3)C2=O)n1. The lowest BCUT2D eigenvalue weighted by atomic mass is 9.75. The molecule has 0 bridgehead atoms. The van der Waals surface area contributed by atoms with Crippen molar-refractivity contribution in [2.24, 2.45) is 0 Å². The zero-order chi connectivity index (χ0) is 24.1. The number of nitrogens with zero attached hydrogens (tertiary/aromatic N) is 3. The summed E-state index contributed by atoms with van der Waals surface area (Å²) >= 11 is 1.40. The molecule has 2 heterocycles. The molecule has 2 fully saturated rings. The number of likely N-dealkylation sites (tertiary alicyclic amines) is 1. The molecule has 0 N–H and O–H groups in total. The molecule has 33 heavy (non-hydrogen) atoms. The van der Waals surface area contributed by atoms with Crippen LogP contribution in [0.15, 0.2) is 29.6 Å². The molecule has 1 saturated heterocycles. The molecule has 176 valence electrons. The Morgan fingerprint density at radius 3 is 2.61 bits per heavy atom. The molecule has 1 aromatic heterocycles. The molecule has 4 rings (SSSR count). The van der Waals surface area contributed by atoms with Crippen molar-refractivity contribution in [1.29, 1.82) is 0 Å². The van der Waals surface area contributed by atoms with E-state index < -0.39 is 41.3 Å². The van der Waals surface area contributed by atoms with Gasteiger partial charge in [0.2, 0.25) is 17.7 Å². The van der Waals surface area contributed by atoms with Crippen molar-refractivity contribution in [3.8, 4) is 0 Å². The number of benzene rings is 1. The molecule has 2 unspecified atom stereocenters. The van der Waals surface area contributed by atoms with Crippen LogP contribution in [0.4, 0.5) is 13.2 Å². The second-order valence-electron chi connectivity index (χ2n) is 8.82. The van der Waals surface area contributed by atoms with E-state index in [1.165, 1.54) is 28.4 Å². The van der Waals surface area contributed by atoms with Gasteiger partial charge in [0.25, 0.3) is 0 Å². The fraction of sp³-hybridized carbons (Fsp3) is 0.478. The Labute approximate surface area is 193 Å². The average Bonchev–Trinajstić information content (AvgIpc) is 3.44. The lowest BCUT2D eigenvalue weighted by Gasteiger charge is -2.31. The van der Waals surface area contributed by atoms with E-state index in [1.807, 2.05) is 12.3 Å². The summed E-state index contributed by atoms with van der Waals surface area (Å²) in [4.78, 5) is 46.6. The number of amides is 3. The third-order valence-electron chi connectivity index (χ3n) is 6.43. The van der Waals surface area contributed by atoms with Gasteiger partial charge in [0, 0.05) is 37.0 Å². The molecule has 1 saturated carbocycles. The number of aryl methyl sites for hydroxylation is 1. The van der Waals surface area contributed by atoms with E-state index in [0.717, 1.165) is 22.7 Å². The lowest BCUT2D eigenvalue weighted by molar-refractivity contribution is -0.143. The molecule has 1 aliphatic heterocycles. The van der Waals surface area contributed by atoms with E-state index in [-0.39, 0.29) is 24.1 Å². The first-order chi connectivity index (χ1) is 15.4. The summed E-state index contributed by atoms with van der Waals surface area (Å²) in [5, 5.41) is 2.57. The van der Waals surface area contributed by atoms with Crippen LogP contribution in [0.25, 0.3) is 0 Å². The number of carbonyl (C=O) groups excluding carboxylic acids is 3. The fourth-order valence-electron chi connectivity index (χ4n) is 4.25. The van der Waals surface area contributed by atoms with Crippen LogP contribution in [0.3, 0.4) is 0 Å². The van der Waals surface area contributed by atoms with Crippen molar-refractivity contribution in [3.05, 3.63) is 51.5 Å². The maximum absolute atomic E-state index is 13.5. The Hall–Kier alpha value is -2.75. The van der Waals surface area contributed by atoms with Crippen LogP contribution in [-0.4, -0.2) is 45.6 Å². The average molecular weight is 480 g/mol. The molecule has 3 amide bonds. The van der Waals surface area contributed by atoms with Crippen LogP contribution < -0.4 is 0 Å². The van der Waals surface area contributed by atoms with Crippen molar-refractivity contribution < 1.29 is 27.6 Å². The minimum Gasteiger partial charge on any atom is -0.337 e. The summed E-state index contributed by atoms with van der Waals surface area (Å²) in [7, 11) is 1.57. The highest BCUT2D eigenvalue weighted by Crippen LogP contribution is 2.45. The molecule has 10 heteroatoms. The van der Waals surface area contributed by atoms with Crippen molar-refractivity contribution in [3.63, 3.8) is 0 Å². The molecule has 6 nitrogen and oxygen atoms in total. The maximum Gasteiger partial charge on any atom is 0.416 e. The Balaban J connectivity index is 1.70. The Morgan fingerprint density at radius 2 is 2.03 bits per heavy atom. The summed E-state index contributed by atoms with van der Waals surface area (Å²) < 4.78 is 40.2. The number of thiazole rings is 1. The molecular formula is C23H24F3N3O3S. The summed E-state index contributed by atoms with van der Waals surface area (Å²) in [6.07, 6.45) is -3.99. The highest BCUT2D eigenvalue weighted by Gasteiger charge is 2.57. The summed E-state index contributed by atoms with van der Waals surface area (Å²) in [5.74, 6) is -1.47. The smallest absolute Gasteiger partial charge is 0.337 e. The minimum atomic E-state index is -4.61. The van der Waals surface area contributed by atoms with Crippen LogP contribution in [0.1, 0.15) is 60.5 Å². The van der Waals surface area contributed by atoms with Gasteiger partial charge in [-0.2, -0.15) is 13.2 Å². The first kappa shape index (κ1) is 23.4. The van der Waals surface area contributed by atoms with Gasteiger partial charge in [0.1, 0.15) is 5.01 Å². The van der Waals surface area contributed by atoms with E-state index in [2.05, 4.69) is 4.98 Å². The van der Waals surface area contributed by atoms with Gasteiger partial charge >= 0.3 is 6.18 Å². The zero-order valence-electron chi connectivity index (χ0n) is 18.5. The van der Waals surface area contributed by atoms with Gasteiger partial charge in [-0.3, -0.25) is 19.3 Å². The number of hydrogen-bond donors (Lipinski definition) is 0. The fourth-order valence-corrected chi connectivity index (χ4v) is 5.15. The van der Waals surface area contributed by atoms with Crippen LogP contribution in [0.5, 0.6) is 0 Å². The number of alkyl halides is 3. The number of imide groups is 1. The number of aromatic nitrogens is 1. The van der Waals surface area contributed by atoms with Gasteiger partial charge < -0.3 is 4.90 Å². The third-order valence-corrected chi connectivity index (χ3v) is 7.56. The highest BCUT2D eigenvalue weighted by atomic mass is 32.1. The molecule has 0 radical (unpaired) electrons. The number of halogens is 3. The van der Waals surface area contributed by atoms with Gasteiger partial charge in [-0.1, -0.05) is 18.2 Å². The quantitative estimate of drug-likeness (QED) is 0.581. The van der Waals surface area contributed by atoms with Gasteiger partial charge in [0.05, 0.1) is 17.0 Å². The summed E-state index contributed by atoms with van der Waals surface area (Å²) in [5.41, 5.74) is -1.72. The molecule has 0 spiro atoms. The molecule has 2 atom stereocenters. The maximum atomic E-state index is 13.5.